The monoisotopic (exact) mass is 519 g/mol. The van der Waals surface area contributed by atoms with Gasteiger partial charge in [-0.1, -0.05) is 19.4 Å². The minimum atomic E-state index is -3.99. The molecule has 1 heterocycles. The van der Waals surface area contributed by atoms with Crippen molar-refractivity contribution < 1.29 is 22.7 Å². The summed E-state index contributed by atoms with van der Waals surface area (Å²) in [5.41, 5.74) is 10.8. The molecule has 0 saturated carbocycles. The van der Waals surface area contributed by atoms with Gasteiger partial charge in [-0.3, -0.25) is 9.79 Å². The summed E-state index contributed by atoms with van der Waals surface area (Å²) in [6, 6.07) is 7.38. The van der Waals surface area contributed by atoms with Crippen molar-refractivity contribution in [3.63, 3.8) is 0 Å². The third-order valence-corrected chi connectivity index (χ3v) is 8.14. The van der Waals surface area contributed by atoms with Gasteiger partial charge < -0.3 is 25.8 Å². The summed E-state index contributed by atoms with van der Waals surface area (Å²) in [7, 11) is -0.929. The van der Waals surface area contributed by atoms with Crippen LogP contribution in [-0.4, -0.2) is 65.1 Å². The number of sulfonamides is 1. The Labute approximate surface area is 213 Å². The molecule has 2 aromatic carbocycles. The second-order valence-electron chi connectivity index (χ2n) is 9.02. The van der Waals surface area contributed by atoms with Crippen LogP contribution in [0.3, 0.4) is 0 Å². The topological polar surface area (TPSA) is 149 Å². The summed E-state index contributed by atoms with van der Waals surface area (Å²) in [5, 5.41) is 1.48. The van der Waals surface area contributed by atoms with Gasteiger partial charge >= 0.3 is 0 Å². The molecular weight excluding hydrogens is 482 g/mol. The maximum absolute atomic E-state index is 13.4. The molecule has 1 unspecified atom stereocenters. The van der Waals surface area contributed by atoms with E-state index in [-0.39, 0.29) is 23.2 Å². The lowest BCUT2D eigenvalue weighted by molar-refractivity contribution is -0.134. The number of nitrogens with one attached hydrogen (secondary N) is 1. The van der Waals surface area contributed by atoms with E-state index in [1.807, 2.05) is 0 Å². The van der Waals surface area contributed by atoms with Crippen LogP contribution in [0.1, 0.15) is 39.0 Å². The number of methoxy groups -OCH3 is 2. The lowest BCUT2D eigenvalue weighted by Gasteiger charge is -2.34. The minimum Gasteiger partial charge on any atom is -0.493 e. The van der Waals surface area contributed by atoms with E-state index in [0.29, 0.717) is 48.9 Å². The molecule has 36 heavy (non-hydrogen) atoms. The van der Waals surface area contributed by atoms with Crippen LogP contribution in [0.2, 0.25) is 0 Å². The van der Waals surface area contributed by atoms with Gasteiger partial charge in [-0.15, -0.1) is 0 Å². The molecule has 0 aliphatic carbocycles. The van der Waals surface area contributed by atoms with Crippen molar-refractivity contribution in [3.8, 4) is 11.5 Å². The number of benzene rings is 2. The molecule has 0 spiro atoms. The number of guanidine groups is 1. The van der Waals surface area contributed by atoms with Crippen LogP contribution in [0.15, 0.2) is 40.2 Å². The number of fused-ring (bicyclic) bond motifs is 1. The second kappa shape index (κ2) is 12.3. The van der Waals surface area contributed by atoms with Crippen LogP contribution in [0.5, 0.6) is 11.5 Å². The fourth-order valence-corrected chi connectivity index (χ4v) is 5.75. The normalized spacial score (nSPS) is 15.5. The van der Waals surface area contributed by atoms with Gasteiger partial charge in [-0.05, 0) is 66.6 Å². The van der Waals surface area contributed by atoms with Crippen molar-refractivity contribution in [2.24, 2.45) is 22.4 Å². The van der Waals surface area contributed by atoms with Crippen LogP contribution in [0, 0.1) is 5.92 Å². The zero-order valence-electron chi connectivity index (χ0n) is 21.2. The van der Waals surface area contributed by atoms with Gasteiger partial charge in [0.25, 0.3) is 0 Å². The Morgan fingerprint density at radius 1 is 1.11 bits per heavy atom. The van der Waals surface area contributed by atoms with E-state index in [2.05, 4.69) is 16.6 Å². The van der Waals surface area contributed by atoms with E-state index in [4.69, 9.17) is 20.9 Å². The van der Waals surface area contributed by atoms with Gasteiger partial charge in [-0.2, -0.15) is 4.72 Å². The highest BCUT2D eigenvalue weighted by molar-refractivity contribution is 7.89. The number of carbonyl (C=O) groups is 1. The Balaban J connectivity index is 1.84. The molecule has 0 bridgehead atoms. The first kappa shape index (κ1) is 27.5. The summed E-state index contributed by atoms with van der Waals surface area (Å²) in [6.07, 6.45) is 3.66. The quantitative estimate of drug-likeness (QED) is 0.234. The SMILES string of the molecule is CCC1CCN(C(=O)C(CCCN=C(N)N)NS(=O)(=O)c2ccc3cc(OC)c(OC)cc3c2)CC1. The summed E-state index contributed by atoms with van der Waals surface area (Å²) in [4.78, 5) is 19.2. The number of ether oxygens (including phenoxy) is 2. The maximum atomic E-state index is 13.4. The van der Waals surface area contributed by atoms with Gasteiger partial charge in [0.15, 0.2) is 17.5 Å². The first-order chi connectivity index (χ1) is 17.2. The van der Waals surface area contributed by atoms with Crippen LogP contribution in [-0.2, 0) is 14.8 Å². The minimum absolute atomic E-state index is 0.0386. The smallest absolute Gasteiger partial charge is 0.241 e. The third kappa shape index (κ3) is 6.79. The van der Waals surface area contributed by atoms with E-state index in [1.54, 1.807) is 36.3 Å². The number of rotatable bonds is 11. The number of hydrogen-bond donors (Lipinski definition) is 3. The Bertz CT molecular complexity index is 1190. The molecule has 0 aromatic heterocycles. The third-order valence-electron chi connectivity index (χ3n) is 6.67. The van der Waals surface area contributed by atoms with Crippen LogP contribution in [0.4, 0.5) is 0 Å². The van der Waals surface area contributed by atoms with Gasteiger partial charge in [0.1, 0.15) is 6.04 Å². The van der Waals surface area contributed by atoms with Crippen molar-refractivity contribution in [2.45, 2.75) is 50.0 Å². The predicted octanol–water partition coefficient (Wildman–Crippen LogP) is 2.21. The fourth-order valence-electron chi connectivity index (χ4n) is 4.49. The standard InChI is InChI=1S/C25H37N5O5S/c1-4-17-9-12-30(13-10-17)24(31)21(6-5-11-28-25(26)27)29-36(32,33)20-8-7-18-15-22(34-2)23(35-3)16-19(18)14-20/h7-8,14-17,21,29H,4-6,9-13H2,1-3H3,(H4,26,27,28). The van der Waals surface area contributed by atoms with E-state index in [0.717, 1.165) is 24.6 Å². The molecule has 1 atom stereocenters. The van der Waals surface area contributed by atoms with Gasteiger partial charge in [0, 0.05) is 19.6 Å². The fraction of sp³-hybridized carbons (Fsp3) is 0.520. The van der Waals surface area contributed by atoms with Crippen LogP contribution < -0.4 is 25.7 Å². The van der Waals surface area contributed by atoms with E-state index >= 15 is 0 Å². The van der Waals surface area contributed by atoms with Crippen molar-refractivity contribution in [3.05, 3.63) is 30.3 Å². The number of hydrogen-bond acceptors (Lipinski definition) is 6. The highest BCUT2D eigenvalue weighted by Gasteiger charge is 2.31. The van der Waals surface area contributed by atoms with Crippen molar-refractivity contribution in [1.29, 1.82) is 0 Å². The lowest BCUT2D eigenvalue weighted by atomic mass is 9.94. The van der Waals surface area contributed by atoms with Gasteiger partial charge in [0.05, 0.1) is 19.1 Å². The highest BCUT2D eigenvalue weighted by Crippen LogP contribution is 2.33. The predicted molar refractivity (Wildman–Crippen MR) is 141 cm³/mol. The lowest BCUT2D eigenvalue weighted by Crippen LogP contribution is -2.50. The zero-order valence-corrected chi connectivity index (χ0v) is 22.0. The number of piperidine rings is 1. The second-order valence-corrected chi connectivity index (χ2v) is 10.7. The molecule has 1 aliphatic heterocycles. The van der Waals surface area contributed by atoms with E-state index < -0.39 is 16.1 Å². The molecular formula is C25H37N5O5S. The number of nitrogens with zero attached hydrogens (tertiary/aromatic N) is 2. The number of nitrogens with two attached hydrogens (primary N) is 2. The molecule has 1 fully saturated rings. The average Bonchev–Trinajstić information content (AvgIpc) is 2.88. The van der Waals surface area contributed by atoms with Gasteiger partial charge in [0.2, 0.25) is 15.9 Å². The number of carbonyl (C=O) groups excluding carboxylic acids is 1. The molecule has 11 heteroatoms. The van der Waals surface area contributed by atoms with Crippen LogP contribution in [0.25, 0.3) is 10.8 Å². The Morgan fingerprint density at radius 2 is 1.75 bits per heavy atom. The summed E-state index contributed by atoms with van der Waals surface area (Å²) < 4.78 is 40.1. The van der Waals surface area contributed by atoms with Crippen molar-refractivity contribution >= 4 is 32.7 Å². The molecule has 1 saturated heterocycles. The summed E-state index contributed by atoms with van der Waals surface area (Å²) >= 11 is 0. The first-order valence-electron chi connectivity index (χ1n) is 12.2. The molecule has 10 nitrogen and oxygen atoms in total. The Kier molecular flexibility index (Phi) is 9.38. The van der Waals surface area contributed by atoms with Crippen molar-refractivity contribution in [2.75, 3.05) is 33.9 Å². The van der Waals surface area contributed by atoms with Gasteiger partial charge in [-0.25, -0.2) is 8.42 Å². The number of aliphatic imine (C=N–C) groups is 1. The van der Waals surface area contributed by atoms with Crippen LogP contribution >= 0.6 is 0 Å². The van der Waals surface area contributed by atoms with E-state index in [9.17, 15) is 13.2 Å². The molecule has 1 amide bonds. The largest absolute Gasteiger partial charge is 0.493 e. The maximum Gasteiger partial charge on any atom is 0.241 e. The van der Waals surface area contributed by atoms with E-state index in [1.165, 1.54) is 13.2 Å². The number of likely N-dealkylation sites (tertiary alicyclic amines) is 1. The van der Waals surface area contributed by atoms with Crippen molar-refractivity contribution in [1.82, 2.24) is 9.62 Å². The highest BCUT2D eigenvalue weighted by atomic mass is 32.2. The first-order valence-corrected chi connectivity index (χ1v) is 13.7. The molecule has 198 valence electrons. The average molecular weight is 520 g/mol. The Hall–Kier alpha value is -3.05. The molecule has 2 aromatic rings. The number of amides is 1. The zero-order chi connectivity index (χ0) is 26.3. The molecule has 3 rings (SSSR count). The Morgan fingerprint density at radius 3 is 2.33 bits per heavy atom. The molecule has 1 aliphatic rings. The summed E-state index contributed by atoms with van der Waals surface area (Å²) in [6.45, 7) is 3.71. The molecule has 5 N–H and O–H groups in total. The molecule has 0 radical (unpaired) electrons. The summed E-state index contributed by atoms with van der Waals surface area (Å²) in [5.74, 6) is 1.39.